The van der Waals surface area contributed by atoms with Gasteiger partial charge in [0.05, 0.1) is 11.7 Å². The molecule has 1 fully saturated rings. The van der Waals surface area contributed by atoms with Crippen LogP contribution < -0.4 is 4.90 Å². The SMILES string of the molecule is CN(C(=O)C1CC1)c1ccccc1.c1ccc2[nH]ncc2c1. The topological polar surface area (TPSA) is 49.0 Å². The lowest BCUT2D eigenvalue weighted by molar-refractivity contribution is -0.119. The van der Waals surface area contributed by atoms with E-state index in [-0.39, 0.29) is 5.91 Å². The number of anilines is 1. The van der Waals surface area contributed by atoms with Gasteiger partial charge in [-0.25, -0.2) is 0 Å². The van der Waals surface area contributed by atoms with Gasteiger partial charge in [0.15, 0.2) is 0 Å². The fourth-order valence-corrected chi connectivity index (χ4v) is 2.27. The number of aromatic amines is 1. The van der Waals surface area contributed by atoms with Gasteiger partial charge in [-0.1, -0.05) is 36.4 Å². The summed E-state index contributed by atoms with van der Waals surface area (Å²) >= 11 is 0. The van der Waals surface area contributed by atoms with Gasteiger partial charge in [0.2, 0.25) is 5.91 Å². The van der Waals surface area contributed by atoms with E-state index in [1.807, 2.05) is 67.8 Å². The van der Waals surface area contributed by atoms with Gasteiger partial charge < -0.3 is 4.90 Å². The lowest BCUT2D eigenvalue weighted by Gasteiger charge is -2.16. The Morgan fingerprint density at radius 2 is 1.77 bits per heavy atom. The first-order valence-electron chi connectivity index (χ1n) is 7.46. The highest BCUT2D eigenvalue weighted by Gasteiger charge is 2.32. The van der Waals surface area contributed by atoms with Gasteiger partial charge in [-0.2, -0.15) is 5.10 Å². The van der Waals surface area contributed by atoms with Gasteiger partial charge in [0.1, 0.15) is 0 Å². The van der Waals surface area contributed by atoms with E-state index in [2.05, 4.69) is 10.2 Å². The molecule has 3 aromatic rings. The summed E-state index contributed by atoms with van der Waals surface area (Å²) in [5.41, 5.74) is 2.08. The number of amides is 1. The Hall–Kier alpha value is -2.62. The Morgan fingerprint density at radius 1 is 1.09 bits per heavy atom. The third-order valence-corrected chi connectivity index (χ3v) is 3.75. The molecule has 1 aliphatic carbocycles. The Bertz CT molecular complexity index is 717. The number of hydrogen-bond acceptors (Lipinski definition) is 2. The zero-order chi connectivity index (χ0) is 15.4. The van der Waals surface area contributed by atoms with Crippen molar-refractivity contribution in [2.24, 2.45) is 5.92 Å². The predicted octanol–water partition coefficient (Wildman–Crippen LogP) is 3.62. The van der Waals surface area contributed by atoms with Crippen molar-refractivity contribution in [3.05, 3.63) is 60.8 Å². The van der Waals surface area contributed by atoms with E-state index in [0.717, 1.165) is 29.4 Å². The zero-order valence-corrected chi connectivity index (χ0v) is 12.6. The molecule has 0 aliphatic heterocycles. The van der Waals surface area contributed by atoms with Crippen LogP contribution in [0, 0.1) is 5.92 Å². The number of hydrogen-bond donors (Lipinski definition) is 1. The first-order valence-corrected chi connectivity index (χ1v) is 7.46. The summed E-state index contributed by atoms with van der Waals surface area (Å²) in [6.45, 7) is 0. The van der Waals surface area contributed by atoms with Crippen molar-refractivity contribution in [2.75, 3.05) is 11.9 Å². The average Bonchev–Trinajstić information content (AvgIpc) is 3.32. The van der Waals surface area contributed by atoms with Crippen LogP contribution in [0.3, 0.4) is 0 Å². The van der Waals surface area contributed by atoms with E-state index in [0.29, 0.717) is 5.92 Å². The van der Waals surface area contributed by atoms with E-state index in [4.69, 9.17) is 0 Å². The van der Waals surface area contributed by atoms with Crippen LogP contribution in [0.5, 0.6) is 0 Å². The molecule has 0 atom stereocenters. The summed E-state index contributed by atoms with van der Waals surface area (Å²) < 4.78 is 0. The normalized spacial score (nSPS) is 13.3. The van der Waals surface area contributed by atoms with Crippen LogP contribution >= 0.6 is 0 Å². The van der Waals surface area contributed by atoms with E-state index >= 15 is 0 Å². The standard InChI is InChI=1S/C11H13NO.C7H6N2/c1-12(11(13)9-7-8-9)10-5-3-2-4-6-10;1-2-4-7-6(3-1)5-8-9-7/h2-6,9H,7-8H2,1H3;1-5H,(H,8,9). The van der Waals surface area contributed by atoms with Crippen LogP contribution in [-0.4, -0.2) is 23.2 Å². The van der Waals surface area contributed by atoms with Crippen LogP contribution in [0.4, 0.5) is 5.69 Å². The zero-order valence-electron chi connectivity index (χ0n) is 12.6. The van der Waals surface area contributed by atoms with E-state index in [1.54, 1.807) is 4.90 Å². The molecule has 0 radical (unpaired) electrons. The highest BCUT2D eigenvalue weighted by atomic mass is 16.2. The van der Waals surface area contributed by atoms with E-state index in [9.17, 15) is 4.79 Å². The number of nitrogens with zero attached hydrogens (tertiary/aromatic N) is 2. The molecule has 22 heavy (non-hydrogen) atoms. The first kappa shape index (κ1) is 14.3. The van der Waals surface area contributed by atoms with Crippen molar-refractivity contribution in [1.29, 1.82) is 0 Å². The van der Waals surface area contributed by atoms with Crippen LogP contribution in [0.1, 0.15) is 12.8 Å². The molecule has 4 heteroatoms. The summed E-state index contributed by atoms with van der Waals surface area (Å²) in [5.74, 6) is 0.552. The molecule has 4 nitrogen and oxygen atoms in total. The highest BCUT2D eigenvalue weighted by Crippen LogP contribution is 2.31. The fraction of sp³-hybridized carbons (Fsp3) is 0.222. The largest absolute Gasteiger partial charge is 0.315 e. The number of benzene rings is 2. The average molecular weight is 293 g/mol. The minimum atomic E-state index is 0.256. The molecule has 0 spiro atoms. The molecule has 0 bridgehead atoms. The Balaban J connectivity index is 0.000000139. The van der Waals surface area contributed by atoms with Gasteiger partial charge in [-0.15, -0.1) is 0 Å². The summed E-state index contributed by atoms with van der Waals surface area (Å²) in [5, 5.41) is 7.91. The quantitative estimate of drug-likeness (QED) is 0.784. The molecule has 1 saturated carbocycles. The van der Waals surface area contributed by atoms with Crippen LogP contribution in [0.25, 0.3) is 10.9 Å². The van der Waals surface area contributed by atoms with Gasteiger partial charge >= 0.3 is 0 Å². The van der Waals surface area contributed by atoms with Crippen molar-refractivity contribution < 1.29 is 4.79 Å². The van der Waals surface area contributed by atoms with E-state index < -0.39 is 0 Å². The highest BCUT2D eigenvalue weighted by molar-refractivity contribution is 5.95. The second-order valence-electron chi connectivity index (χ2n) is 5.46. The van der Waals surface area contributed by atoms with Crippen molar-refractivity contribution in [1.82, 2.24) is 10.2 Å². The summed E-state index contributed by atoms with van der Waals surface area (Å²) in [7, 11) is 1.84. The lowest BCUT2D eigenvalue weighted by atomic mass is 10.2. The summed E-state index contributed by atoms with van der Waals surface area (Å²) in [6, 6.07) is 17.8. The van der Waals surface area contributed by atoms with Crippen LogP contribution in [0.2, 0.25) is 0 Å². The molecule has 1 aromatic heterocycles. The van der Waals surface area contributed by atoms with E-state index in [1.165, 1.54) is 0 Å². The smallest absolute Gasteiger partial charge is 0.229 e. The molecule has 1 N–H and O–H groups in total. The Labute approximate surface area is 129 Å². The molecule has 4 rings (SSSR count). The Kier molecular flexibility index (Phi) is 4.19. The molecular weight excluding hydrogens is 274 g/mol. The van der Waals surface area contributed by atoms with Gasteiger partial charge in [-0.05, 0) is 31.0 Å². The van der Waals surface area contributed by atoms with Crippen molar-refractivity contribution in [2.45, 2.75) is 12.8 Å². The maximum Gasteiger partial charge on any atom is 0.229 e. The summed E-state index contributed by atoms with van der Waals surface area (Å²) in [4.78, 5) is 13.4. The molecule has 1 aliphatic rings. The van der Waals surface area contributed by atoms with Crippen molar-refractivity contribution >= 4 is 22.5 Å². The number of H-pyrrole nitrogens is 1. The van der Waals surface area contributed by atoms with Crippen molar-refractivity contribution in [3.63, 3.8) is 0 Å². The minimum Gasteiger partial charge on any atom is -0.315 e. The van der Waals surface area contributed by atoms with Crippen molar-refractivity contribution in [3.8, 4) is 0 Å². The van der Waals surface area contributed by atoms with Crippen LogP contribution in [0.15, 0.2) is 60.8 Å². The van der Waals surface area contributed by atoms with Gasteiger partial charge in [0, 0.05) is 24.0 Å². The molecule has 0 unspecified atom stereocenters. The number of carbonyl (C=O) groups excluding carboxylic acids is 1. The van der Waals surface area contributed by atoms with Gasteiger partial charge in [0.25, 0.3) is 0 Å². The van der Waals surface area contributed by atoms with Crippen LogP contribution in [-0.2, 0) is 4.79 Å². The maximum absolute atomic E-state index is 11.6. The van der Waals surface area contributed by atoms with Gasteiger partial charge in [-0.3, -0.25) is 9.89 Å². The number of aromatic nitrogens is 2. The molecule has 112 valence electrons. The number of carbonyl (C=O) groups is 1. The number of para-hydroxylation sites is 2. The second-order valence-corrected chi connectivity index (χ2v) is 5.46. The monoisotopic (exact) mass is 293 g/mol. The maximum atomic E-state index is 11.6. The number of fused-ring (bicyclic) bond motifs is 1. The molecular formula is C18H19N3O. The number of rotatable bonds is 2. The molecule has 1 heterocycles. The second kappa shape index (κ2) is 6.43. The Morgan fingerprint density at radius 3 is 2.45 bits per heavy atom. The number of nitrogens with one attached hydrogen (secondary N) is 1. The third-order valence-electron chi connectivity index (χ3n) is 3.75. The molecule has 2 aromatic carbocycles. The summed E-state index contributed by atoms with van der Waals surface area (Å²) in [6.07, 6.45) is 3.95. The predicted molar refractivity (Wildman–Crippen MR) is 88.7 cm³/mol. The first-order chi connectivity index (χ1) is 10.8. The lowest BCUT2D eigenvalue weighted by Crippen LogP contribution is -2.27. The fourth-order valence-electron chi connectivity index (χ4n) is 2.27. The molecule has 1 amide bonds. The minimum absolute atomic E-state index is 0.256. The third kappa shape index (κ3) is 3.34. The molecule has 0 saturated heterocycles.